The second-order valence-electron chi connectivity index (χ2n) is 8.63. The number of H-pyrrole nitrogens is 1. The minimum atomic E-state index is 0.0611. The highest BCUT2D eigenvalue weighted by atomic mass is 16.5. The molecule has 0 saturated heterocycles. The molecule has 2 N–H and O–H groups in total. The van der Waals surface area contributed by atoms with Crippen LogP contribution in [0.1, 0.15) is 49.1 Å². The average Bonchev–Trinajstić information content (AvgIpc) is 3.24. The van der Waals surface area contributed by atoms with Gasteiger partial charge in [-0.1, -0.05) is 49.6 Å². The summed E-state index contributed by atoms with van der Waals surface area (Å²) in [5.41, 5.74) is 3.47. The van der Waals surface area contributed by atoms with Crippen LogP contribution in [-0.4, -0.2) is 49.1 Å². The molecule has 1 amide bonds. The molecule has 1 aliphatic rings. The maximum absolute atomic E-state index is 12.8. The van der Waals surface area contributed by atoms with E-state index < -0.39 is 0 Å². The van der Waals surface area contributed by atoms with Crippen LogP contribution in [0.2, 0.25) is 0 Å². The number of para-hydroxylation sites is 1. The van der Waals surface area contributed by atoms with Crippen molar-refractivity contribution in [1.82, 2.24) is 15.2 Å². The first-order chi connectivity index (χ1) is 15.2. The maximum atomic E-state index is 12.8. The molecule has 4 rings (SSSR count). The second kappa shape index (κ2) is 10.0. The van der Waals surface area contributed by atoms with E-state index in [1.165, 1.54) is 43.1 Å². The Labute approximate surface area is 184 Å². The molecule has 31 heavy (non-hydrogen) atoms. The smallest absolute Gasteiger partial charge is 0.234 e. The number of fused-ring (bicyclic) bond motifs is 1. The molecule has 1 aromatic heterocycles. The number of methoxy groups -OCH3 is 1. The molecular weight excluding hydrogens is 386 g/mol. The molecule has 5 nitrogen and oxygen atoms in total. The topological polar surface area (TPSA) is 57.4 Å². The van der Waals surface area contributed by atoms with Crippen LogP contribution >= 0.6 is 0 Å². The molecule has 1 saturated carbocycles. The highest BCUT2D eigenvalue weighted by molar-refractivity contribution is 5.84. The maximum Gasteiger partial charge on any atom is 0.234 e. The number of hydrogen-bond acceptors (Lipinski definition) is 3. The summed E-state index contributed by atoms with van der Waals surface area (Å²) in [6.07, 6.45) is 8.35. The molecule has 1 aliphatic carbocycles. The lowest BCUT2D eigenvalue weighted by atomic mass is 9.90. The van der Waals surface area contributed by atoms with E-state index in [0.29, 0.717) is 19.1 Å². The van der Waals surface area contributed by atoms with E-state index in [1.807, 2.05) is 18.2 Å². The number of benzene rings is 2. The molecule has 0 radical (unpaired) electrons. The number of aromatic amines is 1. The van der Waals surface area contributed by atoms with Crippen molar-refractivity contribution in [2.24, 2.45) is 0 Å². The van der Waals surface area contributed by atoms with E-state index in [9.17, 15) is 4.79 Å². The second-order valence-corrected chi connectivity index (χ2v) is 8.63. The highest BCUT2D eigenvalue weighted by Crippen LogP contribution is 2.31. The summed E-state index contributed by atoms with van der Waals surface area (Å²) in [5.74, 6) is 0.983. The van der Waals surface area contributed by atoms with Gasteiger partial charge in [-0.2, -0.15) is 0 Å². The van der Waals surface area contributed by atoms with E-state index in [0.717, 1.165) is 16.8 Å². The number of nitrogens with one attached hydrogen (secondary N) is 2. The Morgan fingerprint density at radius 3 is 2.61 bits per heavy atom. The van der Waals surface area contributed by atoms with Gasteiger partial charge >= 0.3 is 0 Å². The molecular formula is C26H33N3O2. The van der Waals surface area contributed by atoms with Crippen molar-refractivity contribution in [3.8, 4) is 5.75 Å². The Morgan fingerprint density at radius 2 is 1.87 bits per heavy atom. The van der Waals surface area contributed by atoms with E-state index in [1.54, 1.807) is 7.11 Å². The normalized spacial score (nSPS) is 15.8. The first-order valence-electron chi connectivity index (χ1n) is 11.3. The summed E-state index contributed by atoms with van der Waals surface area (Å²) >= 11 is 0. The van der Waals surface area contributed by atoms with Gasteiger partial charge in [0.25, 0.3) is 0 Å². The van der Waals surface area contributed by atoms with Gasteiger partial charge in [0.05, 0.1) is 13.7 Å². The molecule has 164 valence electrons. The van der Waals surface area contributed by atoms with Crippen LogP contribution in [0.25, 0.3) is 10.9 Å². The van der Waals surface area contributed by atoms with Crippen molar-refractivity contribution in [2.75, 3.05) is 27.2 Å². The fourth-order valence-corrected chi connectivity index (χ4v) is 4.78. The molecule has 1 heterocycles. The summed E-state index contributed by atoms with van der Waals surface area (Å²) in [6, 6.07) is 17.0. The number of aromatic nitrogens is 1. The van der Waals surface area contributed by atoms with Gasteiger partial charge in [0.2, 0.25) is 5.91 Å². The fraction of sp³-hybridized carbons (Fsp3) is 0.423. The number of nitrogens with zero attached hydrogens (tertiary/aromatic N) is 1. The van der Waals surface area contributed by atoms with Crippen LogP contribution in [0, 0.1) is 0 Å². The Kier molecular flexibility index (Phi) is 6.92. The lowest BCUT2D eigenvalue weighted by molar-refractivity contribution is -0.122. The van der Waals surface area contributed by atoms with E-state index in [2.05, 4.69) is 58.8 Å². The van der Waals surface area contributed by atoms with Crippen molar-refractivity contribution in [3.63, 3.8) is 0 Å². The van der Waals surface area contributed by atoms with Gasteiger partial charge in [-0.3, -0.25) is 9.69 Å². The van der Waals surface area contributed by atoms with Crippen molar-refractivity contribution >= 4 is 16.8 Å². The van der Waals surface area contributed by atoms with Gasteiger partial charge < -0.3 is 15.0 Å². The van der Waals surface area contributed by atoms with Crippen molar-refractivity contribution in [1.29, 1.82) is 0 Å². The lowest BCUT2D eigenvalue weighted by Crippen LogP contribution is -2.42. The summed E-state index contributed by atoms with van der Waals surface area (Å²) < 4.78 is 5.33. The lowest BCUT2D eigenvalue weighted by Gasteiger charge is -2.30. The third kappa shape index (κ3) is 5.10. The Balaban J connectivity index is 1.50. The van der Waals surface area contributed by atoms with Crippen LogP contribution in [0.15, 0.2) is 54.7 Å². The number of ether oxygens (including phenoxy) is 1. The summed E-state index contributed by atoms with van der Waals surface area (Å²) in [4.78, 5) is 18.4. The zero-order valence-electron chi connectivity index (χ0n) is 18.6. The zero-order chi connectivity index (χ0) is 21.6. The molecule has 3 aromatic rings. The minimum absolute atomic E-state index is 0.0611. The molecule has 1 unspecified atom stereocenters. The zero-order valence-corrected chi connectivity index (χ0v) is 18.6. The summed E-state index contributed by atoms with van der Waals surface area (Å²) in [6.45, 7) is 1.01. The predicted octanol–water partition coefficient (Wildman–Crippen LogP) is 4.69. The summed E-state index contributed by atoms with van der Waals surface area (Å²) in [5, 5.41) is 4.40. The van der Waals surface area contributed by atoms with Gasteiger partial charge in [-0.25, -0.2) is 0 Å². The number of likely N-dealkylation sites (N-methyl/N-ethyl adjacent to an activating group) is 1. The van der Waals surface area contributed by atoms with E-state index in [4.69, 9.17) is 4.74 Å². The molecule has 2 aromatic carbocycles. The number of hydrogen-bond donors (Lipinski definition) is 2. The Hall–Kier alpha value is -2.79. The first kappa shape index (κ1) is 21.4. The molecule has 1 atom stereocenters. The third-order valence-electron chi connectivity index (χ3n) is 6.61. The monoisotopic (exact) mass is 419 g/mol. The molecule has 1 fully saturated rings. The predicted molar refractivity (Wildman–Crippen MR) is 126 cm³/mol. The van der Waals surface area contributed by atoms with E-state index in [-0.39, 0.29) is 11.8 Å². The molecule has 0 aliphatic heterocycles. The van der Waals surface area contributed by atoms with Gasteiger partial charge in [-0.05, 0) is 49.2 Å². The quantitative estimate of drug-likeness (QED) is 0.557. The molecule has 5 heteroatoms. The van der Waals surface area contributed by atoms with Gasteiger partial charge in [0.15, 0.2) is 0 Å². The van der Waals surface area contributed by atoms with Crippen molar-refractivity contribution in [3.05, 3.63) is 65.9 Å². The Bertz CT molecular complexity index is 989. The van der Waals surface area contributed by atoms with E-state index >= 15 is 0 Å². The van der Waals surface area contributed by atoms with Crippen LogP contribution in [-0.2, 0) is 4.79 Å². The standard InChI is InChI=1S/C26H33N3O2/c1-29(20-8-4-3-5-9-20)18-26(30)28-16-23(19-12-14-21(31-2)15-13-19)24-17-27-25-11-7-6-10-22(24)25/h6-7,10-15,17,20,23,27H,3-5,8-9,16,18H2,1-2H3,(H,28,30). The Morgan fingerprint density at radius 1 is 1.13 bits per heavy atom. The van der Waals surface area contributed by atoms with Gasteiger partial charge in [0, 0.05) is 35.6 Å². The fourth-order valence-electron chi connectivity index (χ4n) is 4.78. The third-order valence-corrected chi connectivity index (χ3v) is 6.61. The number of carbonyl (C=O) groups is 1. The summed E-state index contributed by atoms with van der Waals surface area (Å²) in [7, 11) is 3.76. The number of rotatable bonds is 8. The van der Waals surface area contributed by atoms with Crippen LogP contribution < -0.4 is 10.1 Å². The van der Waals surface area contributed by atoms with Crippen LogP contribution in [0.5, 0.6) is 5.75 Å². The van der Waals surface area contributed by atoms with Crippen LogP contribution in [0.3, 0.4) is 0 Å². The largest absolute Gasteiger partial charge is 0.497 e. The highest BCUT2D eigenvalue weighted by Gasteiger charge is 2.22. The van der Waals surface area contributed by atoms with Gasteiger partial charge in [0.1, 0.15) is 5.75 Å². The van der Waals surface area contributed by atoms with Crippen LogP contribution in [0.4, 0.5) is 0 Å². The SMILES string of the molecule is COc1ccc(C(CNC(=O)CN(C)C2CCCCC2)c2c[nH]c3ccccc23)cc1. The number of carbonyl (C=O) groups excluding carboxylic acids is 1. The van der Waals surface area contributed by atoms with Gasteiger partial charge in [-0.15, -0.1) is 0 Å². The van der Waals surface area contributed by atoms with Crippen molar-refractivity contribution in [2.45, 2.75) is 44.1 Å². The first-order valence-corrected chi connectivity index (χ1v) is 11.3. The minimum Gasteiger partial charge on any atom is -0.497 e. The molecule has 0 bridgehead atoms. The number of amides is 1. The average molecular weight is 420 g/mol. The van der Waals surface area contributed by atoms with Crippen molar-refractivity contribution < 1.29 is 9.53 Å². The molecule has 0 spiro atoms.